The molecule has 1 aliphatic rings. The zero-order valence-corrected chi connectivity index (χ0v) is 15.6. The number of nitrogens with zero attached hydrogens (tertiary/aromatic N) is 1. The Balaban J connectivity index is 1.46. The van der Waals surface area contributed by atoms with Crippen LogP contribution in [-0.2, 0) is 16.8 Å². The van der Waals surface area contributed by atoms with Gasteiger partial charge in [-0.05, 0) is 43.1 Å². The molecule has 0 aromatic heterocycles. The van der Waals surface area contributed by atoms with Crippen molar-refractivity contribution in [2.75, 3.05) is 20.1 Å². The molecule has 0 spiro atoms. The molecule has 3 nitrogen and oxygen atoms in total. The highest BCUT2D eigenvalue weighted by Gasteiger charge is 2.44. The first-order valence-electron chi connectivity index (χ1n) is 8.33. The number of nitrogens with one attached hydrogen (secondary N) is 1. The van der Waals surface area contributed by atoms with Gasteiger partial charge in [-0.3, -0.25) is 9.69 Å². The van der Waals surface area contributed by atoms with E-state index >= 15 is 0 Å². The summed E-state index contributed by atoms with van der Waals surface area (Å²) in [6, 6.07) is 18.7. The van der Waals surface area contributed by atoms with Crippen LogP contribution in [0.2, 0.25) is 0 Å². The fraction of sp³-hybridized carbons (Fsp3) is 0.350. The molecule has 0 atom stereocenters. The molecular formula is C20H23BrN2O. The topological polar surface area (TPSA) is 32.3 Å². The second kappa shape index (κ2) is 7.49. The lowest BCUT2D eigenvalue weighted by Crippen LogP contribution is -2.38. The Kier molecular flexibility index (Phi) is 5.36. The Morgan fingerprint density at radius 1 is 1.12 bits per heavy atom. The third kappa shape index (κ3) is 4.46. The molecule has 0 heterocycles. The molecular weight excluding hydrogens is 364 g/mol. The molecule has 2 aromatic carbocycles. The molecule has 1 fully saturated rings. The van der Waals surface area contributed by atoms with E-state index in [9.17, 15) is 4.79 Å². The van der Waals surface area contributed by atoms with Crippen molar-refractivity contribution in [1.82, 2.24) is 10.2 Å². The lowest BCUT2D eigenvalue weighted by molar-refractivity contribution is -0.122. The van der Waals surface area contributed by atoms with E-state index < -0.39 is 0 Å². The molecule has 1 N–H and O–H groups in total. The number of hydrogen-bond acceptors (Lipinski definition) is 2. The fourth-order valence-corrected chi connectivity index (χ4v) is 3.30. The van der Waals surface area contributed by atoms with Gasteiger partial charge in [-0.15, -0.1) is 0 Å². The highest BCUT2D eigenvalue weighted by Crippen LogP contribution is 2.47. The van der Waals surface area contributed by atoms with Crippen molar-refractivity contribution < 1.29 is 4.79 Å². The Morgan fingerprint density at radius 2 is 1.79 bits per heavy atom. The first kappa shape index (κ1) is 17.2. The van der Waals surface area contributed by atoms with Crippen LogP contribution in [0.5, 0.6) is 0 Å². The average Bonchev–Trinajstić information content (AvgIpc) is 3.37. The van der Waals surface area contributed by atoms with Crippen molar-refractivity contribution in [3.8, 4) is 0 Å². The Bertz CT molecular complexity index is 681. The maximum absolute atomic E-state index is 12.2. The molecule has 1 saturated carbocycles. The molecule has 1 aliphatic carbocycles. The molecule has 0 saturated heterocycles. The van der Waals surface area contributed by atoms with Crippen molar-refractivity contribution in [3.63, 3.8) is 0 Å². The summed E-state index contributed by atoms with van der Waals surface area (Å²) in [7, 11) is 1.98. The number of likely N-dealkylation sites (N-methyl/N-ethyl adjacent to an activating group) is 1. The number of amides is 1. The number of halogens is 1. The van der Waals surface area contributed by atoms with E-state index in [-0.39, 0.29) is 11.3 Å². The van der Waals surface area contributed by atoms with Crippen molar-refractivity contribution in [1.29, 1.82) is 0 Å². The minimum atomic E-state index is 0.0943. The van der Waals surface area contributed by atoms with E-state index in [0.29, 0.717) is 6.54 Å². The SMILES string of the molecule is CN(CC(=O)NCC1(c2ccccc2)CC1)Cc1ccc(Br)cc1. The highest BCUT2D eigenvalue weighted by atomic mass is 79.9. The van der Waals surface area contributed by atoms with Gasteiger partial charge in [-0.2, -0.15) is 0 Å². The van der Waals surface area contributed by atoms with E-state index in [1.54, 1.807) is 0 Å². The van der Waals surface area contributed by atoms with E-state index in [1.165, 1.54) is 11.1 Å². The summed E-state index contributed by atoms with van der Waals surface area (Å²) < 4.78 is 1.07. The molecule has 0 aliphatic heterocycles. The molecule has 0 bridgehead atoms. The quantitative estimate of drug-likeness (QED) is 0.785. The number of rotatable bonds is 7. The van der Waals surface area contributed by atoms with E-state index in [2.05, 4.69) is 57.6 Å². The minimum absolute atomic E-state index is 0.0943. The maximum Gasteiger partial charge on any atom is 0.234 e. The van der Waals surface area contributed by atoms with Crippen LogP contribution in [0.1, 0.15) is 24.0 Å². The van der Waals surface area contributed by atoms with Gasteiger partial charge in [0.1, 0.15) is 0 Å². The number of hydrogen-bond donors (Lipinski definition) is 1. The van der Waals surface area contributed by atoms with E-state index in [4.69, 9.17) is 0 Å². The summed E-state index contributed by atoms with van der Waals surface area (Å²) in [4.78, 5) is 14.3. The Hall–Kier alpha value is -1.65. The predicted molar refractivity (Wildman–Crippen MR) is 101 cm³/mol. The van der Waals surface area contributed by atoms with Crippen LogP contribution < -0.4 is 5.32 Å². The molecule has 0 radical (unpaired) electrons. The van der Waals surface area contributed by atoms with Gasteiger partial charge in [-0.1, -0.05) is 58.4 Å². The molecule has 0 unspecified atom stereocenters. The van der Waals surface area contributed by atoms with Crippen LogP contribution in [0, 0.1) is 0 Å². The zero-order chi connectivity index (χ0) is 17.0. The number of carbonyl (C=O) groups excluding carboxylic acids is 1. The first-order chi connectivity index (χ1) is 11.6. The van der Waals surface area contributed by atoms with Gasteiger partial charge in [0.05, 0.1) is 6.54 Å². The van der Waals surface area contributed by atoms with Gasteiger partial charge in [0, 0.05) is 23.0 Å². The van der Waals surface area contributed by atoms with Crippen molar-refractivity contribution in [2.45, 2.75) is 24.8 Å². The normalized spacial score (nSPS) is 15.3. The number of carbonyl (C=O) groups is 1. The van der Waals surface area contributed by atoms with Crippen LogP contribution in [0.3, 0.4) is 0 Å². The van der Waals surface area contributed by atoms with Crippen molar-refractivity contribution in [3.05, 3.63) is 70.2 Å². The third-order valence-corrected chi connectivity index (χ3v) is 5.17. The van der Waals surface area contributed by atoms with Crippen molar-refractivity contribution in [2.24, 2.45) is 0 Å². The fourth-order valence-electron chi connectivity index (χ4n) is 3.04. The van der Waals surface area contributed by atoms with Gasteiger partial charge in [0.2, 0.25) is 5.91 Å². The van der Waals surface area contributed by atoms with Gasteiger partial charge < -0.3 is 5.32 Å². The average molecular weight is 387 g/mol. The first-order valence-corrected chi connectivity index (χ1v) is 9.12. The molecule has 2 aromatic rings. The monoisotopic (exact) mass is 386 g/mol. The molecule has 4 heteroatoms. The lowest BCUT2D eigenvalue weighted by Gasteiger charge is -2.19. The van der Waals surface area contributed by atoms with Crippen molar-refractivity contribution >= 4 is 21.8 Å². The summed E-state index contributed by atoms with van der Waals surface area (Å²) in [6.45, 7) is 1.92. The van der Waals surface area contributed by atoms with Crippen LogP contribution in [0.15, 0.2) is 59.1 Å². The van der Waals surface area contributed by atoms with E-state index in [0.717, 1.165) is 30.4 Å². The Labute approximate surface area is 152 Å². The smallest absolute Gasteiger partial charge is 0.234 e. The highest BCUT2D eigenvalue weighted by molar-refractivity contribution is 9.10. The van der Waals surface area contributed by atoms with Crippen LogP contribution >= 0.6 is 15.9 Å². The molecule has 24 heavy (non-hydrogen) atoms. The molecule has 126 valence electrons. The van der Waals surface area contributed by atoms with Gasteiger partial charge >= 0.3 is 0 Å². The van der Waals surface area contributed by atoms with Crippen LogP contribution in [0.25, 0.3) is 0 Å². The summed E-state index contributed by atoms with van der Waals surface area (Å²) in [5.41, 5.74) is 2.71. The standard InChI is InChI=1S/C20H23BrN2O/c1-23(13-16-7-9-18(21)10-8-16)14-19(24)22-15-20(11-12-20)17-5-3-2-4-6-17/h2-10H,11-15H2,1H3,(H,22,24). The summed E-state index contributed by atoms with van der Waals surface area (Å²) >= 11 is 3.44. The zero-order valence-electron chi connectivity index (χ0n) is 14.0. The maximum atomic E-state index is 12.2. The number of benzene rings is 2. The molecule has 3 rings (SSSR count). The van der Waals surface area contributed by atoms with Crippen LogP contribution in [0.4, 0.5) is 0 Å². The predicted octanol–water partition coefficient (Wildman–Crippen LogP) is 3.73. The van der Waals surface area contributed by atoms with E-state index in [1.807, 2.05) is 30.1 Å². The van der Waals surface area contributed by atoms with Gasteiger partial charge in [-0.25, -0.2) is 0 Å². The van der Waals surface area contributed by atoms with Gasteiger partial charge in [0.15, 0.2) is 0 Å². The molecule has 1 amide bonds. The minimum Gasteiger partial charge on any atom is -0.354 e. The third-order valence-electron chi connectivity index (χ3n) is 4.64. The van der Waals surface area contributed by atoms with Crippen LogP contribution in [-0.4, -0.2) is 30.9 Å². The summed E-state index contributed by atoms with van der Waals surface area (Å²) in [6.07, 6.45) is 2.32. The second-order valence-electron chi connectivity index (χ2n) is 6.72. The summed E-state index contributed by atoms with van der Waals surface area (Å²) in [5.74, 6) is 0.0943. The largest absolute Gasteiger partial charge is 0.354 e. The summed E-state index contributed by atoms with van der Waals surface area (Å²) in [5, 5.41) is 3.12. The second-order valence-corrected chi connectivity index (χ2v) is 7.64. The van der Waals surface area contributed by atoms with Gasteiger partial charge in [0.25, 0.3) is 0 Å². The Morgan fingerprint density at radius 3 is 2.42 bits per heavy atom. The lowest BCUT2D eigenvalue weighted by atomic mass is 9.96.